The van der Waals surface area contributed by atoms with Gasteiger partial charge in [0.05, 0.1) is 36.9 Å². The summed E-state index contributed by atoms with van der Waals surface area (Å²) in [5, 5.41) is 2.56. The maximum Gasteiger partial charge on any atom is 0.573 e. The number of carbonyl (C=O) groups excluding carboxylic acids is 1. The van der Waals surface area contributed by atoms with E-state index in [0.717, 1.165) is 18.3 Å². The van der Waals surface area contributed by atoms with Gasteiger partial charge in [-0.05, 0) is 29.8 Å². The first-order chi connectivity index (χ1) is 15.2. The van der Waals surface area contributed by atoms with Crippen molar-refractivity contribution >= 4 is 5.91 Å². The second-order valence-corrected chi connectivity index (χ2v) is 6.37. The largest absolute Gasteiger partial charge is 0.573 e. The second-order valence-electron chi connectivity index (χ2n) is 6.37. The van der Waals surface area contributed by atoms with E-state index in [-0.39, 0.29) is 29.3 Å². The van der Waals surface area contributed by atoms with Crippen molar-refractivity contribution in [2.45, 2.75) is 12.4 Å². The van der Waals surface area contributed by atoms with Crippen LogP contribution in [0.5, 0.6) is 5.75 Å². The van der Waals surface area contributed by atoms with Crippen LogP contribution in [0, 0.1) is 11.6 Å². The minimum absolute atomic E-state index is 0.114. The van der Waals surface area contributed by atoms with Crippen LogP contribution in [0.1, 0.15) is 22.1 Å². The molecule has 1 unspecified atom stereocenters. The molecule has 0 spiro atoms. The van der Waals surface area contributed by atoms with Crippen LogP contribution in [0.4, 0.5) is 22.0 Å². The molecule has 2 heterocycles. The highest BCUT2D eigenvalue weighted by molar-refractivity contribution is 5.92. The number of ether oxygens (including phenoxy) is 2. The molecule has 7 nitrogen and oxygen atoms in total. The van der Waals surface area contributed by atoms with Crippen molar-refractivity contribution in [2.24, 2.45) is 0 Å². The Hall–Kier alpha value is -3.67. The summed E-state index contributed by atoms with van der Waals surface area (Å²) in [5.41, 5.74) is 0.508. The second kappa shape index (κ2) is 9.64. The third kappa shape index (κ3) is 5.94. The van der Waals surface area contributed by atoms with E-state index in [9.17, 15) is 26.7 Å². The van der Waals surface area contributed by atoms with Crippen LogP contribution in [-0.4, -0.2) is 40.9 Å². The van der Waals surface area contributed by atoms with Gasteiger partial charge in [0.25, 0.3) is 5.91 Å². The van der Waals surface area contributed by atoms with Crippen LogP contribution >= 0.6 is 0 Å². The van der Waals surface area contributed by atoms with Crippen molar-refractivity contribution in [3.63, 3.8) is 0 Å². The zero-order chi connectivity index (χ0) is 23.3. The third-order valence-corrected chi connectivity index (χ3v) is 4.08. The smallest absolute Gasteiger partial charge is 0.403 e. The molecule has 0 radical (unpaired) electrons. The SMILES string of the molecule is COCC(NC(=O)c1cncc(-c2ccc(F)cn2)n1)c1ccc(OC(F)(F)F)c(F)c1. The van der Waals surface area contributed by atoms with Gasteiger partial charge in [-0.25, -0.2) is 13.8 Å². The minimum atomic E-state index is -5.05. The summed E-state index contributed by atoms with van der Waals surface area (Å²) in [5.74, 6) is -3.52. The number of nitrogens with zero attached hydrogens (tertiary/aromatic N) is 3. The number of nitrogens with one attached hydrogen (secondary N) is 1. The van der Waals surface area contributed by atoms with Crippen LogP contribution in [0.25, 0.3) is 11.4 Å². The molecular weight excluding hydrogens is 439 g/mol. The van der Waals surface area contributed by atoms with Gasteiger partial charge in [-0.3, -0.25) is 14.8 Å². The van der Waals surface area contributed by atoms with Gasteiger partial charge in [-0.2, -0.15) is 0 Å². The summed E-state index contributed by atoms with van der Waals surface area (Å²) in [6, 6.07) is 4.38. The number of carbonyl (C=O) groups is 1. The summed E-state index contributed by atoms with van der Waals surface area (Å²) < 4.78 is 72.8. The van der Waals surface area contributed by atoms with E-state index in [2.05, 4.69) is 25.0 Å². The molecular formula is C20H15F5N4O3. The summed E-state index contributed by atoms with van der Waals surface area (Å²) in [7, 11) is 1.33. The molecule has 1 amide bonds. The highest BCUT2D eigenvalue weighted by Crippen LogP contribution is 2.28. The summed E-state index contributed by atoms with van der Waals surface area (Å²) >= 11 is 0. The fourth-order valence-corrected chi connectivity index (χ4v) is 2.69. The van der Waals surface area contributed by atoms with E-state index in [1.165, 1.54) is 37.7 Å². The monoisotopic (exact) mass is 454 g/mol. The molecule has 3 rings (SSSR count). The van der Waals surface area contributed by atoms with Crippen LogP contribution in [0.3, 0.4) is 0 Å². The van der Waals surface area contributed by atoms with Gasteiger partial charge in [0.15, 0.2) is 11.6 Å². The van der Waals surface area contributed by atoms with Gasteiger partial charge in [-0.1, -0.05) is 6.07 Å². The molecule has 1 atom stereocenters. The van der Waals surface area contributed by atoms with Crippen LogP contribution in [-0.2, 0) is 4.74 Å². The highest BCUT2D eigenvalue weighted by Gasteiger charge is 2.32. The van der Waals surface area contributed by atoms with Crippen molar-refractivity contribution in [1.29, 1.82) is 0 Å². The van der Waals surface area contributed by atoms with Crippen molar-refractivity contribution in [1.82, 2.24) is 20.3 Å². The maximum atomic E-state index is 14.1. The molecule has 32 heavy (non-hydrogen) atoms. The third-order valence-electron chi connectivity index (χ3n) is 4.08. The zero-order valence-electron chi connectivity index (χ0n) is 16.4. The molecule has 2 aromatic heterocycles. The normalized spacial score (nSPS) is 12.3. The number of alkyl halides is 3. The molecule has 0 saturated heterocycles. The predicted octanol–water partition coefficient (Wildman–Crippen LogP) is 3.83. The molecule has 0 bridgehead atoms. The summed E-state index contributed by atoms with van der Waals surface area (Å²) in [4.78, 5) is 24.6. The van der Waals surface area contributed by atoms with Gasteiger partial charge in [0.2, 0.25) is 0 Å². The molecule has 0 aliphatic carbocycles. The lowest BCUT2D eigenvalue weighted by Crippen LogP contribution is -2.32. The van der Waals surface area contributed by atoms with Crippen molar-refractivity contribution < 1.29 is 36.2 Å². The Morgan fingerprint density at radius 1 is 1.09 bits per heavy atom. The van der Waals surface area contributed by atoms with Gasteiger partial charge in [0, 0.05) is 7.11 Å². The Bertz CT molecular complexity index is 1090. The van der Waals surface area contributed by atoms with E-state index in [0.29, 0.717) is 0 Å². The fraction of sp³-hybridized carbons (Fsp3) is 0.200. The number of halogens is 5. The van der Waals surface area contributed by atoms with Gasteiger partial charge in [-0.15, -0.1) is 13.2 Å². The van der Waals surface area contributed by atoms with Crippen LogP contribution < -0.4 is 10.1 Å². The van der Waals surface area contributed by atoms with E-state index in [1.54, 1.807) is 0 Å². The molecule has 0 saturated carbocycles. The lowest BCUT2D eigenvalue weighted by Gasteiger charge is -2.19. The van der Waals surface area contributed by atoms with E-state index in [4.69, 9.17) is 4.74 Å². The van der Waals surface area contributed by atoms with E-state index in [1.807, 2.05) is 0 Å². The molecule has 168 valence electrons. The fourth-order valence-electron chi connectivity index (χ4n) is 2.69. The Labute approximate surface area is 178 Å². The Kier molecular flexibility index (Phi) is 6.93. The van der Waals surface area contributed by atoms with E-state index >= 15 is 0 Å². The molecule has 12 heteroatoms. The Balaban J connectivity index is 1.80. The first kappa shape index (κ1) is 23.0. The molecule has 1 N–H and O–H groups in total. The minimum Gasteiger partial charge on any atom is -0.403 e. The Morgan fingerprint density at radius 2 is 1.88 bits per heavy atom. The number of methoxy groups -OCH3 is 1. The number of amides is 1. The molecule has 1 aromatic carbocycles. The van der Waals surface area contributed by atoms with Crippen LogP contribution in [0.15, 0.2) is 48.9 Å². The van der Waals surface area contributed by atoms with Gasteiger partial charge >= 0.3 is 6.36 Å². The first-order valence-corrected chi connectivity index (χ1v) is 8.95. The van der Waals surface area contributed by atoms with Crippen molar-refractivity contribution in [3.8, 4) is 17.1 Å². The Morgan fingerprint density at radius 3 is 2.50 bits per heavy atom. The molecule has 0 aliphatic rings. The number of rotatable bonds is 7. The van der Waals surface area contributed by atoms with Crippen molar-refractivity contribution in [2.75, 3.05) is 13.7 Å². The van der Waals surface area contributed by atoms with Crippen molar-refractivity contribution in [3.05, 3.63) is 71.8 Å². The number of pyridine rings is 1. The van der Waals surface area contributed by atoms with Gasteiger partial charge < -0.3 is 14.8 Å². The zero-order valence-corrected chi connectivity index (χ0v) is 16.4. The highest BCUT2D eigenvalue weighted by atomic mass is 19.4. The predicted molar refractivity (Wildman–Crippen MR) is 100 cm³/mol. The molecule has 0 fully saturated rings. The molecule has 3 aromatic rings. The first-order valence-electron chi connectivity index (χ1n) is 8.95. The van der Waals surface area contributed by atoms with Crippen LogP contribution in [0.2, 0.25) is 0 Å². The number of hydrogen-bond acceptors (Lipinski definition) is 6. The summed E-state index contributed by atoms with van der Waals surface area (Å²) in [6.07, 6.45) is -1.56. The molecule has 0 aliphatic heterocycles. The summed E-state index contributed by atoms with van der Waals surface area (Å²) in [6.45, 7) is -0.114. The number of hydrogen-bond donors (Lipinski definition) is 1. The number of benzene rings is 1. The lowest BCUT2D eigenvalue weighted by molar-refractivity contribution is -0.275. The quantitative estimate of drug-likeness (QED) is 0.546. The number of aromatic nitrogens is 3. The van der Waals surface area contributed by atoms with Gasteiger partial charge in [0.1, 0.15) is 17.2 Å². The average Bonchev–Trinajstić information content (AvgIpc) is 2.74. The standard InChI is InChI=1S/C20H15F5N4O3/c1-31-10-17(11-2-5-18(13(22)6-11)32-20(23,24)25)29-19(30)16-9-26-8-15(28-16)14-4-3-12(21)7-27-14/h2-9,17H,10H2,1H3,(H,29,30). The topological polar surface area (TPSA) is 86.2 Å². The average molecular weight is 454 g/mol. The maximum absolute atomic E-state index is 14.1. The lowest BCUT2D eigenvalue weighted by atomic mass is 10.1. The van der Waals surface area contributed by atoms with E-state index < -0.39 is 35.7 Å².